The molecule has 0 saturated carbocycles. The number of carbonyl (C=O) groups is 1. The molecule has 0 bridgehead atoms. The lowest BCUT2D eigenvalue weighted by atomic mass is 10.1. The first-order valence-electron chi connectivity index (χ1n) is 8.37. The SMILES string of the molecule is Cc1ccc(S(=O)(=O)N(C)C)cc1C(=O)OCc1nnc(-c2ccccc2)o1. The highest BCUT2D eigenvalue weighted by Gasteiger charge is 2.21. The Kier molecular flexibility index (Phi) is 5.57. The standard InChI is InChI=1S/C19H19N3O5S/c1-13-9-10-15(28(24,25)22(2)3)11-16(13)19(23)26-12-17-20-21-18(27-17)14-7-5-4-6-8-14/h4-11H,12H2,1-3H3. The van der Waals surface area contributed by atoms with E-state index in [0.717, 1.165) is 9.87 Å². The molecule has 0 saturated heterocycles. The van der Waals surface area contributed by atoms with Crippen LogP contribution in [0.2, 0.25) is 0 Å². The van der Waals surface area contributed by atoms with Crippen LogP contribution in [-0.2, 0) is 21.4 Å². The van der Waals surface area contributed by atoms with Crippen molar-refractivity contribution in [3.63, 3.8) is 0 Å². The van der Waals surface area contributed by atoms with Crippen molar-refractivity contribution < 1.29 is 22.4 Å². The summed E-state index contributed by atoms with van der Waals surface area (Å²) < 4.78 is 36.4. The number of nitrogens with zero attached hydrogens (tertiary/aromatic N) is 3. The fourth-order valence-corrected chi connectivity index (χ4v) is 3.34. The van der Waals surface area contributed by atoms with Gasteiger partial charge in [0.2, 0.25) is 15.9 Å². The van der Waals surface area contributed by atoms with Crippen LogP contribution in [0.5, 0.6) is 0 Å². The Bertz CT molecular complexity index is 1090. The minimum absolute atomic E-state index is 0.0132. The first-order chi connectivity index (χ1) is 13.3. The normalized spacial score (nSPS) is 11.6. The number of rotatable bonds is 6. The van der Waals surface area contributed by atoms with E-state index < -0.39 is 16.0 Å². The van der Waals surface area contributed by atoms with E-state index >= 15 is 0 Å². The van der Waals surface area contributed by atoms with Gasteiger partial charge >= 0.3 is 5.97 Å². The van der Waals surface area contributed by atoms with Crippen molar-refractivity contribution in [2.45, 2.75) is 18.4 Å². The van der Waals surface area contributed by atoms with Crippen LogP contribution in [0.25, 0.3) is 11.5 Å². The Labute approximate surface area is 162 Å². The quantitative estimate of drug-likeness (QED) is 0.585. The lowest BCUT2D eigenvalue weighted by molar-refractivity contribution is 0.0437. The summed E-state index contributed by atoms with van der Waals surface area (Å²) in [7, 11) is -0.812. The van der Waals surface area contributed by atoms with Gasteiger partial charge in [0.25, 0.3) is 5.89 Å². The van der Waals surface area contributed by atoms with E-state index in [4.69, 9.17) is 9.15 Å². The monoisotopic (exact) mass is 401 g/mol. The Morgan fingerprint density at radius 1 is 1.11 bits per heavy atom. The van der Waals surface area contributed by atoms with Crippen molar-refractivity contribution >= 4 is 16.0 Å². The second-order valence-corrected chi connectivity index (χ2v) is 8.36. The molecule has 0 N–H and O–H groups in total. The van der Waals surface area contributed by atoms with Gasteiger partial charge in [0.15, 0.2) is 6.61 Å². The highest BCUT2D eigenvalue weighted by Crippen LogP contribution is 2.20. The van der Waals surface area contributed by atoms with Crippen LogP contribution >= 0.6 is 0 Å². The molecule has 0 aliphatic heterocycles. The molecule has 9 heteroatoms. The van der Waals surface area contributed by atoms with Crippen LogP contribution in [0, 0.1) is 6.92 Å². The molecular formula is C19H19N3O5S. The minimum atomic E-state index is -3.66. The topological polar surface area (TPSA) is 103 Å². The summed E-state index contributed by atoms with van der Waals surface area (Å²) in [6.45, 7) is 1.48. The van der Waals surface area contributed by atoms with Crippen molar-refractivity contribution in [1.29, 1.82) is 0 Å². The van der Waals surface area contributed by atoms with Crippen molar-refractivity contribution in [2.75, 3.05) is 14.1 Å². The predicted molar refractivity (Wildman–Crippen MR) is 101 cm³/mol. The molecule has 28 heavy (non-hydrogen) atoms. The highest BCUT2D eigenvalue weighted by atomic mass is 32.2. The molecule has 0 amide bonds. The number of esters is 1. The van der Waals surface area contributed by atoms with Crippen LogP contribution in [0.15, 0.2) is 57.8 Å². The van der Waals surface area contributed by atoms with E-state index in [1.54, 1.807) is 13.0 Å². The van der Waals surface area contributed by atoms with Gasteiger partial charge in [0, 0.05) is 19.7 Å². The van der Waals surface area contributed by atoms with Gasteiger partial charge in [-0.15, -0.1) is 10.2 Å². The minimum Gasteiger partial charge on any atom is -0.452 e. The van der Waals surface area contributed by atoms with Gasteiger partial charge in [-0.2, -0.15) is 0 Å². The zero-order valence-corrected chi connectivity index (χ0v) is 16.4. The van der Waals surface area contributed by atoms with E-state index in [-0.39, 0.29) is 23.0 Å². The molecule has 0 fully saturated rings. The molecule has 0 unspecified atom stereocenters. The Balaban J connectivity index is 1.75. The van der Waals surface area contributed by atoms with Crippen LogP contribution in [-0.4, -0.2) is 43.0 Å². The summed E-state index contributed by atoms with van der Waals surface area (Å²) in [5.41, 5.74) is 1.51. The lowest BCUT2D eigenvalue weighted by Crippen LogP contribution is -2.22. The van der Waals surface area contributed by atoms with Gasteiger partial charge in [0.1, 0.15) is 0 Å². The number of carbonyl (C=O) groups excluding carboxylic acids is 1. The second kappa shape index (κ2) is 7.91. The third-order valence-corrected chi connectivity index (χ3v) is 5.83. The zero-order chi connectivity index (χ0) is 20.3. The molecule has 0 spiro atoms. The molecule has 2 aromatic carbocycles. The van der Waals surface area contributed by atoms with Crippen LogP contribution in [0.3, 0.4) is 0 Å². The fourth-order valence-electron chi connectivity index (χ4n) is 2.41. The molecule has 8 nitrogen and oxygen atoms in total. The third-order valence-electron chi connectivity index (χ3n) is 4.02. The van der Waals surface area contributed by atoms with Crippen LogP contribution < -0.4 is 0 Å². The van der Waals surface area contributed by atoms with Crippen molar-refractivity contribution in [3.05, 3.63) is 65.5 Å². The molecule has 1 heterocycles. The maximum atomic E-state index is 12.4. The van der Waals surface area contributed by atoms with Gasteiger partial charge in [-0.3, -0.25) is 0 Å². The molecule has 0 aliphatic rings. The molecular weight excluding hydrogens is 382 g/mol. The van der Waals surface area contributed by atoms with E-state index in [0.29, 0.717) is 11.5 Å². The smallest absolute Gasteiger partial charge is 0.338 e. The van der Waals surface area contributed by atoms with E-state index in [1.807, 2.05) is 30.3 Å². The fraction of sp³-hybridized carbons (Fsp3) is 0.211. The molecule has 146 valence electrons. The van der Waals surface area contributed by atoms with Gasteiger partial charge in [-0.05, 0) is 36.8 Å². The van der Waals surface area contributed by atoms with Gasteiger partial charge < -0.3 is 9.15 Å². The summed E-state index contributed by atoms with van der Waals surface area (Å²) >= 11 is 0. The number of hydrogen-bond donors (Lipinski definition) is 0. The maximum absolute atomic E-state index is 12.4. The molecule has 3 aromatic rings. The van der Waals surface area contributed by atoms with Gasteiger partial charge in [-0.25, -0.2) is 17.5 Å². The van der Waals surface area contributed by atoms with Crippen LogP contribution in [0.1, 0.15) is 21.8 Å². The zero-order valence-electron chi connectivity index (χ0n) is 15.6. The second-order valence-electron chi connectivity index (χ2n) is 6.21. The number of benzene rings is 2. The van der Waals surface area contributed by atoms with E-state index in [2.05, 4.69) is 10.2 Å². The first-order valence-corrected chi connectivity index (χ1v) is 9.81. The van der Waals surface area contributed by atoms with Gasteiger partial charge in [0.05, 0.1) is 10.5 Å². The highest BCUT2D eigenvalue weighted by molar-refractivity contribution is 7.89. The molecule has 0 atom stereocenters. The van der Waals surface area contributed by atoms with Gasteiger partial charge in [-0.1, -0.05) is 24.3 Å². The van der Waals surface area contributed by atoms with Crippen LogP contribution in [0.4, 0.5) is 0 Å². The molecule has 1 aromatic heterocycles. The average Bonchev–Trinajstić information content (AvgIpc) is 3.16. The molecule has 0 radical (unpaired) electrons. The summed E-state index contributed by atoms with van der Waals surface area (Å²) in [6, 6.07) is 13.5. The summed E-state index contributed by atoms with van der Waals surface area (Å²) in [5, 5.41) is 7.79. The Morgan fingerprint density at radius 2 is 1.82 bits per heavy atom. The Morgan fingerprint density at radius 3 is 2.50 bits per heavy atom. The third kappa shape index (κ3) is 4.10. The number of aryl methyl sites for hydroxylation is 1. The number of aromatic nitrogens is 2. The lowest BCUT2D eigenvalue weighted by Gasteiger charge is -2.13. The predicted octanol–water partition coefficient (Wildman–Crippen LogP) is 2.65. The van der Waals surface area contributed by atoms with Crippen molar-refractivity contribution in [3.8, 4) is 11.5 Å². The molecule has 0 aliphatic carbocycles. The number of sulfonamides is 1. The largest absolute Gasteiger partial charge is 0.452 e. The average molecular weight is 401 g/mol. The van der Waals surface area contributed by atoms with E-state index in [1.165, 1.54) is 26.2 Å². The summed E-state index contributed by atoms with van der Waals surface area (Å²) in [6.07, 6.45) is 0. The summed E-state index contributed by atoms with van der Waals surface area (Å²) in [5.74, 6) is -0.211. The van der Waals surface area contributed by atoms with E-state index in [9.17, 15) is 13.2 Å². The molecule has 3 rings (SSSR count). The van der Waals surface area contributed by atoms with Crippen molar-refractivity contribution in [2.24, 2.45) is 0 Å². The Hall–Kier alpha value is -3.04. The first kappa shape index (κ1) is 19.7. The number of ether oxygens (including phenoxy) is 1. The maximum Gasteiger partial charge on any atom is 0.338 e. The summed E-state index contributed by atoms with van der Waals surface area (Å²) in [4.78, 5) is 12.5. The van der Waals surface area contributed by atoms with Crippen molar-refractivity contribution in [1.82, 2.24) is 14.5 Å². The number of hydrogen-bond acceptors (Lipinski definition) is 7.